The normalized spacial score (nSPS) is 12.8. The van der Waals surface area contributed by atoms with E-state index >= 15 is 0 Å². The van der Waals surface area contributed by atoms with Crippen molar-refractivity contribution in [2.24, 2.45) is 0 Å². The Balaban J connectivity index is 2.50. The Morgan fingerprint density at radius 3 is 2.10 bits per heavy atom. The molecule has 0 fully saturated rings. The van der Waals surface area contributed by atoms with Crippen LogP contribution in [-0.2, 0) is 14.3 Å². The van der Waals surface area contributed by atoms with Crippen molar-refractivity contribution in [3.63, 3.8) is 0 Å². The van der Waals surface area contributed by atoms with Gasteiger partial charge < -0.3 is 25.4 Å². The van der Waals surface area contributed by atoms with Gasteiger partial charge in [0.2, 0.25) is 5.91 Å². The first-order valence-electron chi connectivity index (χ1n) is 13.7. The van der Waals surface area contributed by atoms with Gasteiger partial charge in [-0.3, -0.25) is 9.59 Å². The lowest BCUT2D eigenvalue weighted by Gasteiger charge is -2.34. The van der Waals surface area contributed by atoms with Crippen molar-refractivity contribution in [3.05, 3.63) is 64.7 Å². The first-order chi connectivity index (χ1) is 18.4. The number of hydrogen-bond donors (Lipinski definition) is 3. The van der Waals surface area contributed by atoms with Gasteiger partial charge in [0.1, 0.15) is 17.7 Å². The van der Waals surface area contributed by atoms with Gasteiger partial charge in [0.15, 0.2) is 0 Å². The summed E-state index contributed by atoms with van der Waals surface area (Å²) in [7, 11) is 0. The number of alkyl carbamates (subject to hydrolysis) is 1. The van der Waals surface area contributed by atoms with Gasteiger partial charge in [0, 0.05) is 12.2 Å². The standard InChI is InChI=1S/C31H45N3O5/c1-8-9-10-11-19-34(29(37)25(20-35)32-30(38)39-31(5,6)7)27(24-17-15-21(2)16-18-24)28(36)33-26-22(3)13-12-14-23(26)4/h12-18,25,27,35H,8-11,19-20H2,1-7H3,(H,32,38)(H,33,36). The predicted molar refractivity (Wildman–Crippen MR) is 155 cm³/mol. The van der Waals surface area contributed by atoms with Gasteiger partial charge in [0.05, 0.1) is 6.61 Å². The summed E-state index contributed by atoms with van der Waals surface area (Å²) >= 11 is 0. The Hall–Kier alpha value is -3.39. The molecule has 0 radical (unpaired) electrons. The summed E-state index contributed by atoms with van der Waals surface area (Å²) in [6.07, 6.45) is 2.74. The van der Waals surface area contributed by atoms with Crippen LogP contribution in [0.2, 0.25) is 0 Å². The summed E-state index contributed by atoms with van der Waals surface area (Å²) < 4.78 is 5.31. The first-order valence-corrected chi connectivity index (χ1v) is 13.7. The van der Waals surface area contributed by atoms with Crippen molar-refractivity contribution in [1.29, 1.82) is 0 Å². The minimum absolute atomic E-state index is 0.282. The molecule has 0 aliphatic carbocycles. The van der Waals surface area contributed by atoms with E-state index in [0.29, 0.717) is 17.7 Å². The minimum atomic E-state index is -1.27. The second-order valence-electron chi connectivity index (χ2n) is 11.0. The van der Waals surface area contributed by atoms with Gasteiger partial charge in [-0.05, 0) is 64.7 Å². The van der Waals surface area contributed by atoms with Gasteiger partial charge in [-0.15, -0.1) is 0 Å². The molecular weight excluding hydrogens is 494 g/mol. The zero-order valence-electron chi connectivity index (χ0n) is 24.5. The number of aliphatic hydroxyl groups excluding tert-OH is 1. The molecule has 0 aliphatic rings. The van der Waals surface area contributed by atoms with E-state index in [0.717, 1.165) is 36.0 Å². The fourth-order valence-electron chi connectivity index (χ4n) is 4.34. The summed E-state index contributed by atoms with van der Waals surface area (Å²) in [5.74, 6) is -0.920. The molecule has 3 amide bonds. The topological polar surface area (TPSA) is 108 Å². The van der Waals surface area contributed by atoms with Crippen molar-refractivity contribution in [3.8, 4) is 0 Å². The van der Waals surface area contributed by atoms with Crippen LogP contribution in [0.1, 0.15) is 81.7 Å². The van der Waals surface area contributed by atoms with Crippen LogP contribution in [0.3, 0.4) is 0 Å². The summed E-state index contributed by atoms with van der Waals surface area (Å²) in [5, 5.41) is 15.7. The van der Waals surface area contributed by atoms with Crippen molar-refractivity contribution < 1.29 is 24.2 Å². The Labute approximate surface area is 233 Å². The van der Waals surface area contributed by atoms with Gasteiger partial charge >= 0.3 is 6.09 Å². The van der Waals surface area contributed by atoms with E-state index in [-0.39, 0.29) is 12.5 Å². The van der Waals surface area contributed by atoms with Gasteiger partial charge in [-0.25, -0.2) is 4.79 Å². The van der Waals surface area contributed by atoms with Crippen molar-refractivity contribution >= 4 is 23.6 Å². The molecule has 0 heterocycles. The summed E-state index contributed by atoms with van der Waals surface area (Å²) in [5.41, 5.74) is 3.40. The van der Waals surface area contributed by atoms with E-state index in [1.807, 2.05) is 63.2 Å². The third-order valence-electron chi connectivity index (χ3n) is 6.39. The summed E-state index contributed by atoms with van der Waals surface area (Å²) in [4.78, 5) is 41.9. The highest BCUT2D eigenvalue weighted by molar-refractivity contribution is 5.99. The lowest BCUT2D eigenvalue weighted by atomic mass is 10.00. The SMILES string of the molecule is CCCCCCN(C(=O)C(CO)NC(=O)OC(C)(C)C)C(C(=O)Nc1c(C)cccc1C)c1ccc(C)cc1. The molecule has 8 heteroatoms. The smallest absolute Gasteiger partial charge is 0.408 e. The highest BCUT2D eigenvalue weighted by Gasteiger charge is 2.36. The lowest BCUT2D eigenvalue weighted by molar-refractivity contribution is -0.141. The molecule has 2 aromatic rings. The number of rotatable bonds is 12. The number of nitrogens with zero attached hydrogens (tertiary/aromatic N) is 1. The fraction of sp³-hybridized carbons (Fsp3) is 0.516. The zero-order valence-corrected chi connectivity index (χ0v) is 24.5. The number of aryl methyl sites for hydroxylation is 3. The third kappa shape index (κ3) is 9.70. The molecular formula is C31H45N3O5. The molecule has 0 aromatic heterocycles. The monoisotopic (exact) mass is 539 g/mol. The molecule has 0 spiro atoms. The van der Waals surface area contributed by atoms with E-state index in [4.69, 9.17) is 4.74 Å². The number of nitrogens with one attached hydrogen (secondary N) is 2. The molecule has 3 N–H and O–H groups in total. The number of ether oxygens (including phenoxy) is 1. The molecule has 2 unspecified atom stereocenters. The van der Waals surface area contributed by atoms with Crippen molar-refractivity contribution in [1.82, 2.24) is 10.2 Å². The fourth-order valence-corrected chi connectivity index (χ4v) is 4.34. The van der Waals surface area contributed by atoms with Crippen LogP contribution in [0, 0.1) is 20.8 Å². The highest BCUT2D eigenvalue weighted by atomic mass is 16.6. The van der Waals surface area contributed by atoms with Crippen LogP contribution in [0.5, 0.6) is 0 Å². The summed E-state index contributed by atoms with van der Waals surface area (Å²) in [6, 6.07) is 11.0. The lowest BCUT2D eigenvalue weighted by Crippen LogP contribution is -2.54. The van der Waals surface area contributed by atoms with Crippen LogP contribution in [-0.4, -0.2) is 52.7 Å². The van der Waals surface area contributed by atoms with Crippen molar-refractivity contribution in [2.75, 3.05) is 18.5 Å². The molecule has 0 saturated carbocycles. The molecule has 2 aromatic carbocycles. The maximum absolute atomic E-state index is 14.0. The molecule has 2 atom stereocenters. The van der Waals surface area contributed by atoms with Crippen LogP contribution in [0.15, 0.2) is 42.5 Å². The third-order valence-corrected chi connectivity index (χ3v) is 6.39. The number of anilines is 1. The van der Waals surface area contributed by atoms with Crippen LogP contribution >= 0.6 is 0 Å². The minimum Gasteiger partial charge on any atom is -0.444 e. The second kappa shape index (κ2) is 14.7. The summed E-state index contributed by atoms with van der Waals surface area (Å²) in [6.45, 7) is 12.7. The number of para-hydroxylation sites is 1. The molecule has 39 heavy (non-hydrogen) atoms. The van der Waals surface area contributed by atoms with E-state index < -0.39 is 36.3 Å². The first kappa shape index (κ1) is 31.8. The second-order valence-corrected chi connectivity index (χ2v) is 11.0. The maximum atomic E-state index is 14.0. The predicted octanol–water partition coefficient (Wildman–Crippen LogP) is 5.59. The Morgan fingerprint density at radius 2 is 1.56 bits per heavy atom. The highest BCUT2D eigenvalue weighted by Crippen LogP contribution is 2.28. The van der Waals surface area contributed by atoms with Crippen molar-refractivity contribution in [2.45, 2.75) is 91.8 Å². The Kier molecular flexibility index (Phi) is 12.0. The van der Waals surface area contributed by atoms with Gasteiger partial charge in [-0.2, -0.15) is 0 Å². The molecule has 214 valence electrons. The number of unbranched alkanes of at least 4 members (excludes halogenated alkanes) is 3. The number of aliphatic hydroxyl groups is 1. The molecule has 0 aliphatic heterocycles. The van der Waals surface area contributed by atoms with Gasteiger partial charge in [0.25, 0.3) is 5.91 Å². The van der Waals surface area contributed by atoms with Crippen LogP contribution in [0.25, 0.3) is 0 Å². The van der Waals surface area contributed by atoms with E-state index in [9.17, 15) is 19.5 Å². The van der Waals surface area contributed by atoms with E-state index in [1.54, 1.807) is 20.8 Å². The Bertz CT molecular complexity index is 1090. The quantitative estimate of drug-likeness (QED) is 0.305. The van der Waals surface area contributed by atoms with E-state index in [1.165, 1.54) is 4.90 Å². The number of carbonyl (C=O) groups is 3. The maximum Gasteiger partial charge on any atom is 0.408 e. The largest absolute Gasteiger partial charge is 0.444 e. The Morgan fingerprint density at radius 1 is 0.949 bits per heavy atom. The zero-order chi connectivity index (χ0) is 29.2. The molecule has 2 rings (SSSR count). The van der Waals surface area contributed by atoms with Crippen LogP contribution in [0.4, 0.5) is 10.5 Å². The number of benzene rings is 2. The molecule has 0 bridgehead atoms. The number of amides is 3. The average molecular weight is 540 g/mol. The molecule has 8 nitrogen and oxygen atoms in total. The number of hydrogen-bond acceptors (Lipinski definition) is 5. The average Bonchev–Trinajstić information content (AvgIpc) is 2.86. The number of carbonyl (C=O) groups excluding carboxylic acids is 3. The van der Waals surface area contributed by atoms with Crippen LogP contribution < -0.4 is 10.6 Å². The molecule has 0 saturated heterocycles. The van der Waals surface area contributed by atoms with Gasteiger partial charge in [-0.1, -0.05) is 74.2 Å². The van der Waals surface area contributed by atoms with E-state index in [2.05, 4.69) is 17.6 Å².